The third kappa shape index (κ3) is 5.19. The smallest absolute Gasteiger partial charge is 0.251 e. The summed E-state index contributed by atoms with van der Waals surface area (Å²) in [4.78, 5) is 12.7. The van der Waals surface area contributed by atoms with Crippen LogP contribution >= 0.6 is 12.4 Å². The fraction of sp³-hybridized carbons (Fsp3) is 0.611. The molecule has 148 valence electrons. The number of sulfonamides is 1. The minimum Gasteiger partial charge on any atom is -0.349 e. The molecule has 26 heavy (non-hydrogen) atoms. The van der Waals surface area contributed by atoms with E-state index in [2.05, 4.69) is 5.32 Å². The Morgan fingerprint density at radius 3 is 2.58 bits per heavy atom. The zero-order valence-corrected chi connectivity index (χ0v) is 17.3. The maximum atomic E-state index is 12.6. The van der Waals surface area contributed by atoms with Crippen LogP contribution in [0, 0.1) is 5.92 Å². The topological polar surface area (TPSA) is 92.5 Å². The summed E-state index contributed by atoms with van der Waals surface area (Å²) in [5.74, 6) is 0.0475. The SMILES string of the molecule is CC(C)N(C)S(=O)(=O)c1cccc(C(=O)NC2CCCCC2CN)c1.Cl. The van der Waals surface area contributed by atoms with Crippen molar-refractivity contribution >= 4 is 28.3 Å². The number of hydrogen-bond acceptors (Lipinski definition) is 4. The zero-order valence-electron chi connectivity index (χ0n) is 15.6. The summed E-state index contributed by atoms with van der Waals surface area (Å²) in [6.45, 7) is 4.17. The van der Waals surface area contributed by atoms with Gasteiger partial charge in [0.25, 0.3) is 5.91 Å². The molecule has 1 aromatic rings. The van der Waals surface area contributed by atoms with Gasteiger partial charge in [-0.15, -0.1) is 12.4 Å². The number of amides is 1. The molecular weight excluding hydrogens is 374 g/mol. The highest BCUT2D eigenvalue weighted by atomic mass is 35.5. The number of nitrogens with two attached hydrogens (primary N) is 1. The number of halogens is 1. The van der Waals surface area contributed by atoms with E-state index in [1.165, 1.54) is 16.4 Å². The standard InChI is InChI=1S/C18H29N3O3S.ClH/c1-13(2)21(3)25(23,24)16-9-6-8-14(11-16)18(22)20-17-10-5-4-7-15(17)12-19;/h6,8-9,11,13,15,17H,4-5,7,10,12,19H2,1-3H3,(H,20,22);1H. The van der Waals surface area contributed by atoms with Crippen molar-refractivity contribution in [2.24, 2.45) is 11.7 Å². The Morgan fingerprint density at radius 1 is 1.31 bits per heavy atom. The highest BCUT2D eigenvalue weighted by Crippen LogP contribution is 2.24. The second-order valence-corrected chi connectivity index (χ2v) is 9.00. The van der Waals surface area contributed by atoms with Gasteiger partial charge in [-0.1, -0.05) is 18.9 Å². The minimum atomic E-state index is -3.61. The first kappa shape index (κ1) is 22.9. The molecule has 0 bridgehead atoms. The molecule has 0 heterocycles. The first-order valence-electron chi connectivity index (χ1n) is 8.86. The van der Waals surface area contributed by atoms with E-state index in [9.17, 15) is 13.2 Å². The van der Waals surface area contributed by atoms with E-state index in [0.29, 0.717) is 12.1 Å². The number of rotatable bonds is 6. The van der Waals surface area contributed by atoms with E-state index < -0.39 is 10.0 Å². The molecule has 1 aliphatic rings. The quantitative estimate of drug-likeness (QED) is 0.762. The van der Waals surface area contributed by atoms with E-state index in [1.807, 2.05) is 13.8 Å². The van der Waals surface area contributed by atoms with Crippen molar-refractivity contribution in [1.29, 1.82) is 0 Å². The first-order chi connectivity index (χ1) is 11.8. The predicted octanol–water partition coefficient (Wildman–Crippen LogP) is 2.38. The monoisotopic (exact) mass is 403 g/mol. The number of nitrogens with one attached hydrogen (secondary N) is 1. The lowest BCUT2D eigenvalue weighted by Gasteiger charge is -2.31. The van der Waals surface area contributed by atoms with Gasteiger partial charge in [0.1, 0.15) is 0 Å². The van der Waals surface area contributed by atoms with Crippen LogP contribution < -0.4 is 11.1 Å². The Kier molecular flexibility index (Phi) is 8.53. The molecule has 1 aromatic carbocycles. The Bertz CT molecular complexity index is 709. The lowest BCUT2D eigenvalue weighted by molar-refractivity contribution is 0.0908. The molecular formula is C18H30ClN3O3S. The van der Waals surface area contributed by atoms with E-state index in [4.69, 9.17) is 5.73 Å². The first-order valence-corrected chi connectivity index (χ1v) is 10.3. The van der Waals surface area contributed by atoms with Gasteiger partial charge in [0.05, 0.1) is 4.90 Å². The summed E-state index contributed by atoms with van der Waals surface area (Å²) >= 11 is 0. The van der Waals surface area contributed by atoms with Crippen molar-refractivity contribution < 1.29 is 13.2 Å². The summed E-state index contributed by atoms with van der Waals surface area (Å²) in [6, 6.07) is 6.12. The molecule has 0 spiro atoms. The van der Waals surface area contributed by atoms with E-state index in [-0.39, 0.29) is 41.2 Å². The largest absolute Gasteiger partial charge is 0.349 e. The molecule has 1 aliphatic carbocycles. The predicted molar refractivity (Wildman–Crippen MR) is 106 cm³/mol. The van der Waals surface area contributed by atoms with Crippen LogP contribution in [0.5, 0.6) is 0 Å². The van der Waals surface area contributed by atoms with Crippen LogP contribution in [0.15, 0.2) is 29.2 Å². The zero-order chi connectivity index (χ0) is 18.6. The van der Waals surface area contributed by atoms with Crippen molar-refractivity contribution in [3.63, 3.8) is 0 Å². The molecule has 0 saturated heterocycles. The summed E-state index contributed by atoms with van der Waals surface area (Å²) in [5, 5.41) is 3.04. The average molecular weight is 404 g/mol. The second-order valence-electron chi connectivity index (χ2n) is 7.00. The van der Waals surface area contributed by atoms with E-state index >= 15 is 0 Å². The molecule has 2 rings (SSSR count). The molecule has 1 fully saturated rings. The van der Waals surface area contributed by atoms with Crippen molar-refractivity contribution in [3.8, 4) is 0 Å². The van der Waals surface area contributed by atoms with Crippen molar-refractivity contribution in [3.05, 3.63) is 29.8 Å². The van der Waals surface area contributed by atoms with Crippen LogP contribution in [0.25, 0.3) is 0 Å². The maximum absolute atomic E-state index is 12.6. The number of hydrogen-bond donors (Lipinski definition) is 2. The maximum Gasteiger partial charge on any atom is 0.251 e. The minimum absolute atomic E-state index is 0. The van der Waals surface area contributed by atoms with Crippen LogP contribution in [-0.4, -0.2) is 44.3 Å². The summed E-state index contributed by atoms with van der Waals surface area (Å²) in [7, 11) is -2.07. The van der Waals surface area contributed by atoms with Gasteiger partial charge in [-0.05, 0) is 57.4 Å². The summed E-state index contributed by atoms with van der Waals surface area (Å²) < 4.78 is 26.5. The van der Waals surface area contributed by atoms with Gasteiger partial charge in [-0.2, -0.15) is 4.31 Å². The fourth-order valence-electron chi connectivity index (χ4n) is 3.17. The molecule has 1 amide bonds. The lowest BCUT2D eigenvalue weighted by Crippen LogP contribution is -2.44. The van der Waals surface area contributed by atoms with Crippen molar-refractivity contribution in [2.45, 2.75) is 56.5 Å². The number of carbonyl (C=O) groups is 1. The fourth-order valence-corrected chi connectivity index (χ4v) is 4.59. The lowest BCUT2D eigenvalue weighted by atomic mass is 9.84. The molecule has 0 aromatic heterocycles. The van der Waals surface area contributed by atoms with Crippen LogP contribution in [0.3, 0.4) is 0 Å². The third-order valence-electron chi connectivity index (χ3n) is 5.03. The molecule has 2 unspecified atom stereocenters. The Balaban J connectivity index is 0.00000338. The molecule has 8 heteroatoms. The molecule has 2 atom stereocenters. The normalized spacial score (nSPS) is 20.7. The number of nitrogens with zero attached hydrogens (tertiary/aromatic N) is 1. The number of carbonyl (C=O) groups excluding carboxylic acids is 1. The van der Waals surface area contributed by atoms with Crippen molar-refractivity contribution in [1.82, 2.24) is 9.62 Å². The third-order valence-corrected chi connectivity index (χ3v) is 7.06. The van der Waals surface area contributed by atoms with Crippen LogP contribution in [-0.2, 0) is 10.0 Å². The van der Waals surface area contributed by atoms with E-state index in [1.54, 1.807) is 19.2 Å². The van der Waals surface area contributed by atoms with Gasteiger partial charge in [0, 0.05) is 24.7 Å². The van der Waals surface area contributed by atoms with Gasteiger partial charge >= 0.3 is 0 Å². The Morgan fingerprint density at radius 2 is 1.96 bits per heavy atom. The molecule has 0 radical (unpaired) electrons. The van der Waals surface area contributed by atoms with Crippen molar-refractivity contribution in [2.75, 3.05) is 13.6 Å². The van der Waals surface area contributed by atoms with Gasteiger partial charge in [0.2, 0.25) is 10.0 Å². The summed E-state index contributed by atoms with van der Waals surface area (Å²) in [5.41, 5.74) is 6.18. The number of benzene rings is 1. The van der Waals surface area contributed by atoms with Gasteiger partial charge < -0.3 is 11.1 Å². The molecule has 6 nitrogen and oxygen atoms in total. The van der Waals surface area contributed by atoms with Crippen LogP contribution in [0.4, 0.5) is 0 Å². The van der Waals surface area contributed by atoms with Crippen LogP contribution in [0.1, 0.15) is 49.9 Å². The van der Waals surface area contributed by atoms with Gasteiger partial charge in [-0.3, -0.25) is 4.79 Å². The second kappa shape index (κ2) is 9.69. The Hall–Kier alpha value is -1.15. The molecule has 1 saturated carbocycles. The van der Waals surface area contributed by atoms with E-state index in [0.717, 1.165) is 25.7 Å². The highest BCUT2D eigenvalue weighted by Gasteiger charge is 2.27. The summed E-state index contributed by atoms with van der Waals surface area (Å²) in [6.07, 6.45) is 4.16. The molecule has 0 aliphatic heterocycles. The van der Waals surface area contributed by atoms with Gasteiger partial charge in [-0.25, -0.2) is 8.42 Å². The van der Waals surface area contributed by atoms with Crippen LogP contribution in [0.2, 0.25) is 0 Å². The molecule has 3 N–H and O–H groups in total. The highest BCUT2D eigenvalue weighted by molar-refractivity contribution is 7.89. The Labute approximate surface area is 163 Å². The van der Waals surface area contributed by atoms with Gasteiger partial charge in [0.15, 0.2) is 0 Å². The average Bonchev–Trinajstić information content (AvgIpc) is 2.61.